The van der Waals surface area contributed by atoms with E-state index in [1.54, 1.807) is 5.32 Å². The molecule has 0 unspecified atom stereocenters. The molecule has 7 heteroatoms. The molecule has 130 valence electrons. The third-order valence-corrected chi connectivity index (χ3v) is 1.75. The number of hydrogen-bond acceptors (Lipinski definition) is 3. The van der Waals surface area contributed by atoms with Crippen LogP contribution in [0, 0.1) is 0 Å². The number of carbonyl (C=O) groups excluding carboxylic acids is 2. The number of halogens is 3. The summed E-state index contributed by atoms with van der Waals surface area (Å²) in [6.07, 6.45) is -2.63. The molecule has 0 spiro atoms. The minimum absolute atomic E-state index is 0.00372. The van der Waals surface area contributed by atoms with Crippen molar-refractivity contribution in [1.82, 2.24) is 5.32 Å². The van der Waals surface area contributed by atoms with Crippen LogP contribution in [0.4, 0.5) is 13.2 Å². The Kier molecular flexibility index (Phi) is 28.4. The number of Topliss-reactive ketones (excluding diaryl/α,β-unsaturated/α-hetero) is 1. The zero-order valence-electron chi connectivity index (χ0n) is 14.1. The van der Waals surface area contributed by atoms with E-state index in [0.29, 0.717) is 25.7 Å². The Hall–Kier alpha value is -1.11. The lowest BCUT2D eigenvalue weighted by atomic mass is 10.1. The molecular formula is C14H31F3N2O2. The van der Waals surface area contributed by atoms with Gasteiger partial charge < -0.3 is 15.8 Å². The van der Waals surface area contributed by atoms with E-state index in [4.69, 9.17) is 0 Å². The lowest BCUT2D eigenvalue weighted by molar-refractivity contribution is -0.173. The Bertz CT molecular complexity index is 233. The first-order valence-corrected chi connectivity index (χ1v) is 7.26. The zero-order chi connectivity index (χ0) is 17.9. The van der Waals surface area contributed by atoms with Gasteiger partial charge in [-0.25, -0.2) is 0 Å². The molecule has 0 aromatic rings. The van der Waals surface area contributed by atoms with Gasteiger partial charge in [-0.05, 0) is 26.8 Å². The van der Waals surface area contributed by atoms with Crippen LogP contribution in [0.25, 0.3) is 0 Å². The van der Waals surface area contributed by atoms with Gasteiger partial charge >= 0.3 is 12.1 Å². The van der Waals surface area contributed by atoms with Gasteiger partial charge in [-0.2, -0.15) is 13.2 Å². The van der Waals surface area contributed by atoms with Crippen LogP contribution in [0.5, 0.6) is 0 Å². The van der Waals surface area contributed by atoms with E-state index in [-0.39, 0.29) is 12.3 Å². The first kappa shape index (κ1) is 28.1. The molecule has 21 heavy (non-hydrogen) atoms. The molecule has 0 aliphatic heterocycles. The highest BCUT2D eigenvalue weighted by Crippen LogP contribution is 2.13. The van der Waals surface area contributed by atoms with Crippen LogP contribution in [0.3, 0.4) is 0 Å². The van der Waals surface area contributed by atoms with Crippen LogP contribution in [0.15, 0.2) is 0 Å². The number of carbonyl (C=O) groups is 2. The van der Waals surface area contributed by atoms with Crippen LogP contribution in [-0.4, -0.2) is 31.5 Å². The molecule has 0 aliphatic rings. The van der Waals surface area contributed by atoms with E-state index < -0.39 is 12.1 Å². The fourth-order valence-electron chi connectivity index (χ4n) is 0.978. The molecule has 0 fully saturated rings. The SMILES string of the molecule is CC.CC.CC(=O)CCCCCNC(=O)C(F)(F)F.CN. The molecule has 0 aliphatic carbocycles. The molecule has 4 nitrogen and oxygen atoms in total. The standard InChI is InChI=1S/C9H14F3NO2.2C2H6.CH5N/c1-7(14)5-3-2-4-6-13-8(15)9(10,11)12;3*1-2/h2-6H2,1H3,(H,13,15);2*1-2H3;2H2,1H3. The van der Waals surface area contributed by atoms with Gasteiger partial charge in [0.2, 0.25) is 0 Å². The maximum atomic E-state index is 11.7. The highest BCUT2D eigenvalue weighted by Gasteiger charge is 2.38. The molecule has 0 heterocycles. The van der Waals surface area contributed by atoms with Gasteiger partial charge in [-0.3, -0.25) is 4.79 Å². The van der Waals surface area contributed by atoms with Crippen molar-refractivity contribution < 1.29 is 22.8 Å². The largest absolute Gasteiger partial charge is 0.471 e. The molecule has 0 saturated heterocycles. The number of nitrogens with two attached hydrogens (primary N) is 1. The highest BCUT2D eigenvalue weighted by atomic mass is 19.4. The van der Waals surface area contributed by atoms with Crippen molar-refractivity contribution in [2.75, 3.05) is 13.6 Å². The normalized spacial score (nSPS) is 8.86. The van der Waals surface area contributed by atoms with Crippen molar-refractivity contribution in [2.45, 2.75) is 66.5 Å². The summed E-state index contributed by atoms with van der Waals surface area (Å²) in [7, 11) is 1.50. The average Bonchev–Trinajstić information content (AvgIpc) is 2.47. The number of hydrogen-bond donors (Lipinski definition) is 2. The van der Waals surface area contributed by atoms with Crippen molar-refractivity contribution in [1.29, 1.82) is 0 Å². The molecule has 3 N–H and O–H groups in total. The summed E-state index contributed by atoms with van der Waals surface area (Å²) in [5.41, 5.74) is 4.50. The smallest absolute Gasteiger partial charge is 0.348 e. The van der Waals surface area contributed by atoms with Gasteiger partial charge in [0.05, 0.1) is 0 Å². The van der Waals surface area contributed by atoms with Crippen molar-refractivity contribution in [2.24, 2.45) is 5.73 Å². The molecule has 1 amide bonds. The molecule has 0 rings (SSSR count). The zero-order valence-corrected chi connectivity index (χ0v) is 14.1. The van der Waals surface area contributed by atoms with Crippen molar-refractivity contribution >= 4 is 11.7 Å². The summed E-state index contributed by atoms with van der Waals surface area (Å²) in [5.74, 6) is -1.84. The second kappa shape index (κ2) is 21.2. The Morgan fingerprint density at radius 2 is 1.38 bits per heavy atom. The molecule has 0 atom stereocenters. The monoisotopic (exact) mass is 316 g/mol. The van der Waals surface area contributed by atoms with Crippen LogP contribution < -0.4 is 11.1 Å². The fourth-order valence-corrected chi connectivity index (χ4v) is 0.978. The number of alkyl halides is 3. The third-order valence-electron chi connectivity index (χ3n) is 1.75. The van der Waals surface area contributed by atoms with Gasteiger partial charge in [0.1, 0.15) is 5.78 Å². The van der Waals surface area contributed by atoms with E-state index in [9.17, 15) is 22.8 Å². The van der Waals surface area contributed by atoms with E-state index in [1.807, 2.05) is 27.7 Å². The number of amides is 1. The topological polar surface area (TPSA) is 72.2 Å². The van der Waals surface area contributed by atoms with Gasteiger partial charge in [0.25, 0.3) is 0 Å². The van der Waals surface area contributed by atoms with Crippen LogP contribution >= 0.6 is 0 Å². The first-order chi connectivity index (χ1) is 9.84. The van der Waals surface area contributed by atoms with E-state index in [0.717, 1.165) is 0 Å². The number of nitrogens with one attached hydrogen (secondary N) is 1. The Labute approximate surface area is 126 Å². The quantitative estimate of drug-likeness (QED) is 0.737. The lowest BCUT2D eigenvalue weighted by Crippen LogP contribution is -2.37. The van der Waals surface area contributed by atoms with Gasteiger partial charge in [-0.15, -0.1) is 0 Å². The van der Waals surface area contributed by atoms with Gasteiger partial charge in [0.15, 0.2) is 0 Å². The number of ketones is 1. The summed E-state index contributed by atoms with van der Waals surface area (Å²) in [5, 5.41) is 1.76. The fraction of sp³-hybridized carbons (Fsp3) is 0.857. The molecule has 0 bridgehead atoms. The Morgan fingerprint density at radius 1 is 0.952 bits per heavy atom. The second-order valence-electron chi connectivity index (χ2n) is 3.27. The Morgan fingerprint density at radius 3 is 1.71 bits per heavy atom. The molecule has 0 aromatic carbocycles. The highest BCUT2D eigenvalue weighted by molar-refractivity contribution is 5.81. The average molecular weight is 316 g/mol. The van der Waals surface area contributed by atoms with Crippen LogP contribution in [0.1, 0.15) is 60.3 Å². The summed E-state index contributed by atoms with van der Waals surface area (Å²) in [6, 6.07) is 0. The number of rotatable bonds is 6. The minimum atomic E-state index is -4.81. The van der Waals surface area contributed by atoms with Gasteiger partial charge in [0, 0.05) is 13.0 Å². The van der Waals surface area contributed by atoms with Crippen LogP contribution in [0.2, 0.25) is 0 Å². The molecule has 0 radical (unpaired) electrons. The molecule has 0 aromatic heterocycles. The van der Waals surface area contributed by atoms with Crippen LogP contribution in [-0.2, 0) is 9.59 Å². The maximum absolute atomic E-state index is 11.7. The first-order valence-electron chi connectivity index (χ1n) is 7.26. The number of unbranched alkanes of at least 4 members (excludes halogenated alkanes) is 2. The predicted molar refractivity (Wildman–Crippen MR) is 81.0 cm³/mol. The van der Waals surface area contributed by atoms with Crippen molar-refractivity contribution in [3.05, 3.63) is 0 Å². The molecular weight excluding hydrogens is 285 g/mol. The lowest BCUT2D eigenvalue weighted by Gasteiger charge is -2.07. The van der Waals surface area contributed by atoms with Crippen molar-refractivity contribution in [3.63, 3.8) is 0 Å². The second-order valence-corrected chi connectivity index (χ2v) is 3.27. The van der Waals surface area contributed by atoms with E-state index in [1.165, 1.54) is 14.0 Å². The van der Waals surface area contributed by atoms with E-state index >= 15 is 0 Å². The molecule has 0 saturated carbocycles. The summed E-state index contributed by atoms with van der Waals surface area (Å²) >= 11 is 0. The summed E-state index contributed by atoms with van der Waals surface area (Å²) in [4.78, 5) is 20.8. The predicted octanol–water partition coefficient (Wildman–Crippen LogP) is 3.44. The maximum Gasteiger partial charge on any atom is 0.471 e. The van der Waals surface area contributed by atoms with Crippen molar-refractivity contribution in [3.8, 4) is 0 Å². The minimum Gasteiger partial charge on any atom is -0.348 e. The summed E-state index contributed by atoms with van der Waals surface area (Å²) in [6.45, 7) is 9.46. The van der Waals surface area contributed by atoms with Gasteiger partial charge in [-0.1, -0.05) is 34.1 Å². The Balaban J connectivity index is -0.000000212. The van der Waals surface area contributed by atoms with E-state index in [2.05, 4.69) is 5.73 Å². The summed E-state index contributed by atoms with van der Waals surface area (Å²) < 4.78 is 35.0. The third kappa shape index (κ3) is 27.9.